The maximum absolute atomic E-state index is 12.6. The Morgan fingerprint density at radius 2 is 1.59 bits per heavy atom. The fourth-order valence-electron chi connectivity index (χ4n) is 3.28. The number of aromatic hydroxyl groups is 1. The second kappa shape index (κ2) is 6.86. The maximum atomic E-state index is 12.6. The first kappa shape index (κ1) is 16.7. The lowest BCUT2D eigenvalue weighted by Crippen LogP contribution is -2.13. The third-order valence-corrected chi connectivity index (χ3v) is 4.60. The quantitative estimate of drug-likeness (QED) is 0.420. The molecule has 27 heavy (non-hydrogen) atoms. The van der Waals surface area contributed by atoms with Crippen LogP contribution < -0.4 is 5.63 Å². The van der Waals surface area contributed by atoms with Gasteiger partial charge in [-0.25, -0.2) is 4.79 Å². The molecular formula is C24H16O3. The smallest absolute Gasteiger partial charge is 0.344 e. The molecule has 0 spiro atoms. The van der Waals surface area contributed by atoms with E-state index in [-0.39, 0.29) is 11.3 Å². The second-order valence-electron chi connectivity index (χ2n) is 6.24. The van der Waals surface area contributed by atoms with Gasteiger partial charge in [-0.15, -0.1) is 6.42 Å². The molecule has 1 unspecified atom stereocenters. The van der Waals surface area contributed by atoms with Gasteiger partial charge in [0.2, 0.25) is 0 Å². The molecule has 1 heterocycles. The van der Waals surface area contributed by atoms with E-state index in [0.717, 1.165) is 16.7 Å². The number of hydrogen-bond donors (Lipinski definition) is 1. The molecule has 4 aromatic rings. The fraction of sp³-hybridized carbons (Fsp3) is 0.0417. The van der Waals surface area contributed by atoms with E-state index in [1.807, 2.05) is 54.6 Å². The summed E-state index contributed by atoms with van der Waals surface area (Å²) in [4.78, 5) is 12.6. The highest BCUT2D eigenvalue weighted by atomic mass is 16.4. The summed E-state index contributed by atoms with van der Waals surface area (Å²) < 4.78 is 5.38. The Hall–Kier alpha value is -3.77. The van der Waals surface area contributed by atoms with Gasteiger partial charge in [-0.05, 0) is 34.9 Å². The predicted octanol–water partition coefficient (Wildman–Crippen LogP) is 4.93. The molecule has 0 fully saturated rings. The monoisotopic (exact) mass is 352 g/mol. The predicted molar refractivity (Wildman–Crippen MR) is 107 cm³/mol. The third-order valence-electron chi connectivity index (χ3n) is 4.60. The number of terminal acetylenes is 1. The highest BCUT2D eigenvalue weighted by Gasteiger charge is 2.23. The number of rotatable bonds is 3. The van der Waals surface area contributed by atoms with Crippen molar-refractivity contribution in [2.75, 3.05) is 0 Å². The van der Waals surface area contributed by atoms with Crippen molar-refractivity contribution in [2.24, 2.45) is 0 Å². The molecule has 0 bridgehead atoms. The minimum atomic E-state index is -0.713. The molecule has 0 aliphatic heterocycles. The molecule has 0 radical (unpaired) electrons. The average Bonchev–Trinajstić information content (AvgIpc) is 2.72. The van der Waals surface area contributed by atoms with E-state index in [9.17, 15) is 9.90 Å². The molecule has 0 aliphatic carbocycles. The number of hydrogen-bond acceptors (Lipinski definition) is 3. The Bertz CT molecular complexity index is 1210. The molecule has 1 aromatic heterocycles. The largest absolute Gasteiger partial charge is 0.507 e. The molecule has 3 nitrogen and oxygen atoms in total. The Kier molecular flexibility index (Phi) is 4.24. The molecule has 3 aromatic carbocycles. The minimum absolute atomic E-state index is 0.0846. The van der Waals surface area contributed by atoms with Crippen LogP contribution in [0.2, 0.25) is 0 Å². The molecule has 0 aliphatic rings. The molecular weight excluding hydrogens is 336 g/mol. The van der Waals surface area contributed by atoms with Crippen molar-refractivity contribution in [1.82, 2.24) is 0 Å². The molecule has 1 N–H and O–H groups in total. The summed E-state index contributed by atoms with van der Waals surface area (Å²) in [5.41, 5.74) is 2.57. The van der Waals surface area contributed by atoms with Gasteiger partial charge < -0.3 is 9.52 Å². The standard InChI is InChI=1S/C24H16O3/c1-2-19(18-12-8-11-17(15-18)16-9-4-3-5-10-16)22-23(25)20-13-6-7-14-21(20)27-24(22)26/h1,3-15,19,25H. The van der Waals surface area contributed by atoms with Crippen molar-refractivity contribution in [3.63, 3.8) is 0 Å². The lowest BCUT2D eigenvalue weighted by Gasteiger charge is -2.14. The number of para-hydroxylation sites is 1. The van der Waals surface area contributed by atoms with Crippen LogP contribution in [-0.4, -0.2) is 5.11 Å². The van der Waals surface area contributed by atoms with E-state index in [2.05, 4.69) is 5.92 Å². The topological polar surface area (TPSA) is 50.4 Å². The zero-order valence-electron chi connectivity index (χ0n) is 14.4. The fourth-order valence-corrected chi connectivity index (χ4v) is 3.28. The van der Waals surface area contributed by atoms with Crippen LogP contribution in [0.3, 0.4) is 0 Å². The summed E-state index contributed by atoms with van der Waals surface area (Å²) in [7, 11) is 0. The van der Waals surface area contributed by atoms with Crippen molar-refractivity contribution in [3.8, 4) is 29.2 Å². The minimum Gasteiger partial charge on any atom is -0.507 e. The van der Waals surface area contributed by atoms with Crippen LogP contribution in [0.4, 0.5) is 0 Å². The van der Waals surface area contributed by atoms with Gasteiger partial charge in [0.25, 0.3) is 0 Å². The Labute approximate surface area is 156 Å². The molecule has 130 valence electrons. The lowest BCUT2D eigenvalue weighted by atomic mass is 9.89. The highest BCUT2D eigenvalue weighted by Crippen LogP contribution is 2.35. The van der Waals surface area contributed by atoms with E-state index in [4.69, 9.17) is 10.8 Å². The summed E-state index contributed by atoms with van der Waals surface area (Å²) in [6, 6.07) is 24.4. The first-order valence-corrected chi connectivity index (χ1v) is 8.55. The van der Waals surface area contributed by atoms with Crippen LogP contribution in [0.5, 0.6) is 5.75 Å². The van der Waals surface area contributed by atoms with Gasteiger partial charge >= 0.3 is 5.63 Å². The molecule has 4 rings (SSSR count). The first-order chi connectivity index (χ1) is 13.2. The highest BCUT2D eigenvalue weighted by molar-refractivity contribution is 5.84. The van der Waals surface area contributed by atoms with Crippen LogP contribution in [0, 0.1) is 12.3 Å². The summed E-state index contributed by atoms with van der Waals surface area (Å²) in [6.45, 7) is 0. The zero-order valence-corrected chi connectivity index (χ0v) is 14.4. The van der Waals surface area contributed by atoms with Crippen molar-refractivity contribution >= 4 is 11.0 Å². The molecule has 1 atom stereocenters. The van der Waals surface area contributed by atoms with Crippen LogP contribution in [0.1, 0.15) is 17.0 Å². The average molecular weight is 352 g/mol. The van der Waals surface area contributed by atoms with E-state index in [0.29, 0.717) is 11.0 Å². The molecule has 0 amide bonds. The molecule has 0 saturated heterocycles. The van der Waals surface area contributed by atoms with Gasteiger partial charge in [0.05, 0.1) is 16.9 Å². The van der Waals surface area contributed by atoms with Crippen molar-refractivity contribution < 1.29 is 9.52 Å². The van der Waals surface area contributed by atoms with Gasteiger partial charge in [0.1, 0.15) is 11.3 Å². The van der Waals surface area contributed by atoms with E-state index in [1.165, 1.54) is 0 Å². The van der Waals surface area contributed by atoms with Crippen molar-refractivity contribution in [1.29, 1.82) is 0 Å². The molecule has 3 heteroatoms. The van der Waals surface area contributed by atoms with Crippen LogP contribution in [0.25, 0.3) is 22.1 Å². The first-order valence-electron chi connectivity index (χ1n) is 8.55. The van der Waals surface area contributed by atoms with E-state index in [1.54, 1.807) is 24.3 Å². The Morgan fingerprint density at radius 3 is 2.37 bits per heavy atom. The van der Waals surface area contributed by atoms with Gasteiger partial charge in [0.15, 0.2) is 0 Å². The summed E-state index contributed by atoms with van der Waals surface area (Å²) in [5.74, 6) is 1.80. The SMILES string of the molecule is C#CC(c1cccc(-c2ccccc2)c1)c1c(O)c2ccccc2oc1=O. The van der Waals surface area contributed by atoms with Crippen molar-refractivity contribution in [3.05, 3.63) is 100 Å². The number of benzene rings is 3. The van der Waals surface area contributed by atoms with Gasteiger partial charge in [-0.1, -0.05) is 66.6 Å². The van der Waals surface area contributed by atoms with Gasteiger partial charge in [-0.2, -0.15) is 0 Å². The Morgan fingerprint density at radius 1 is 0.889 bits per heavy atom. The Balaban J connectivity index is 1.88. The summed E-state index contributed by atoms with van der Waals surface area (Å²) in [5, 5.41) is 11.2. The van der Waals surface area contributed by atoms with E-state index < -0.39 is 11.5 Å². The second-order valence-corrected chi connectivity index (χ2v) is 6.24. The van der Waals surface area contributed by atoms with E-state index >= 15 is 0 Å². The molecule has 0 saturated carbocycles. The zero-order chi connectivity index (χ0) is 18.8. The van der Waals surface area contributed by atoms with Crippen LogP contribution in [0.15, 0.2) is 88.1 Å². The van der Waals surface area contributed by atoms with Crippen molar-refractivity contribution in [2.45, 2.75) is 5.92 Å². The summed E-state index contributed by atoms with van der Waals surface area (Å²) >= 11 is 0. The van der Waals surface area contributed by atoms with Gasteiger partial charge in [0, 0.05) is 0 Å². The lowest BCUT2D eigenvalue weighted by molar-refractivity contribution is 0.456. The van der Waals surface area contributed by atoms with Crippen LogP contribution in [-0.2, 0) is 0 Å². The van der Waals surface area contributed by atoms with Gasteiger partial charge in [-0.3, -0.25) is 0 Å². The normalized spacial score (nSPS) is 11.8. The maximum Gasteiger partial charge on any atom is 0.344 e. The number of fused-ring (bicyclic) bond motifs is 1. The summed E-state index contributed by atoms with van der Waals surface area (Å²) in [6.07, 6.45) is 5.77. The third kappa shape index (κ3) is 2.98. The van der Waals surface area contributed by atoms with Crippen LogP contribution >= 0.6 is 0 Å².